The summed E-state index contributed by atoms with van der Waals surface area (Å²) in [7, 11) is 1.76. The van der Waals surface area contributed by atoms with Gasteiger partial charge in [-0.15, -0.1) is 0 Å². The Hall–Kier alpha value is -1.04. The van der Waals surface area contributed by atoms with E-state index >= 15 is 0 Å². The maximum atomic E-state index is 5.42. The molecule has 2 aromatic rings. The van der Waals surface area contributed by atoms with Crippen molar-refractivity contribution in [2.45, 2.75) is 51.3 Å². The Morgan fingerprint density at radius 1 is 0.923 bits per heavy atom. The number of hydrogen-bond donors (Lipinski definition) is 2. The van der Waals surface area contributed by atoms with Crippen molar-refractivity contribution in [3.8, 4) is 0 Å². The number of anilines is 2. The molecule has 0 amide bonds. The highest BCUT2D eigenvalue weighted by Crippen LogP contribution is 2.40. The van der Waals surface area contributed by atoms with Crippen LogP contribution in [-0.4, -0.2) is 18.9 Å². The summed E-state index contributed by atoms with van der Waals surface area (Å²) in [4.78, 5) is 0. The molecular formula is C21H26Br2N2O. The second kappa shape index (κ2) is 8.32. The van der Waals surface area contributed by atoms with Crippen molar-refractivity contribution in [1.82, 2.24) is 0 Å². The number of ether oxygens (including phenoxy) is 1. The third-order valence-corrected chi connectivity index (χ3v) is 6.65. The minimum Gasteiger partial charge on any atom is -0.382 e. The van der Waals surface area contributed by atoms with Crippen LogP contribution in [0.1, 0.15) is 36.8 Å². The van der Waals surface area contributed by atoms with Gasteiger partial charge >= 0.3 is 0 Å². The SMILES string of the molecule is COC1(Nc2cccc(Br)c2C)CC1.Cc1c(Br)cccc1NC1CC1. The molecule has 2 aliphatic carbocycles. The summed E-state index contributed by atoms with van der Waals surface area (Å²) in [5.41, 5.74) is 4.87. The number of nitrogens with one attached hydrogen (secondary N) is 2. The Balaban J connectivity index is 0.000000152. The van der Waals surface area contributed by atoms with E-state index in [-0.39, 0.29) is 5.72 Å². The molecule has 5 heteroatoms. The highest BCUT2D eigenvalue weighted by Gasteiger charge is 2.43. The Morgan fingerprint density at radius 2 is 1.46 bits per heavy atom. The van der Waals surface area contributed by atoms with E-state index < -0.39 is 0 Å². The van der Waals surface area contributed by atoms with Crippen molar-refractivity contribution in [1.29, 1.82) is 0 Å². The summed E-state index contributed by atoms with van der Waals surface area (Å²) >= 11 is 7.03. The van der Waals surface area contributed by atoms with Crippen LogP contribution < -0.4 is 10.6 Å². The van der Waals surface area contributed by atoms with Gasteiger partial charge in [0, 0.05) is 33.5 Å². The molecule has 2 saturated carbocycles. The van der Waals surface area contributed by atoms with Crippen LogP contribution in [0.15, 0.2) is 45.3 Å². The number of halogens is 2. The molecule has 0 atom stereocenters. The first kappa shape index (κ1) is 19.7. The highest BCUT2D eigenvalue weighted by atomic mass is 79.9. The fourth-order valence-electron chi connectivity index (χ4n) is 2.69. The molecule has 140 valence electrons. The minimum absolute atomic E-state index is 0.0917. The normalized spacial score (nSPS) is 17.1. The summed E-state index contributed by atoms with van der Waals surface area (Å²) in [6, 6.07) is 13.2. The van der Waals surface area contributed by atoms with Crippen molar-refractivity contribution in [3.63, 3.8) is 0 Å². The molecule has 0 spiro atoms. The van der Waals surface area contributed by atoms with E-state index in [9.17, 15) is 0 Å². The quantitative estimate of drug-likeness (QED) is 0.469. The maximum absolute atomic E-state index is 5.42. The van der Waals surface area contributed by atoms with Gasteiger partial charge in [-0.05, 0) is 74.9 Å². The molecule has 26 heavy (non-hydrogen) atoms. The van der Waals surface area contributed by atoms with E-state index in [4.69, 9.17) is 4.74 Å². The average Bonchev–Trinajstić information content (AvgIpc) is 3.54. The summed E-state index contributed by atoms with van der Waals surface area (Å²) in [6.45, 7) is 4.23. The van der Waals surface area contributed by atoms with Crippen LogP contribution >= 0.6 is 31.9 Å². The van der Waals surface area contributed by atoms with Crippen LogP contribution in [0.5, 0.6) is 0 Å². The van der Waals surface area contributed by atoms with Gasteiger partial charge in [0.2, 0.25) is 0 Å². The molecule has 0 aromatic heterocycles. The molecule has 3 nitrogen and oxygen atoms in total. The van der Waals surface area contributed by atoms with E-state index in [0.29, 0.717) is 0 Å². The first-order valence-corrected chi connectivity index (χ1v) is 10.6. The Kier molecular flexibility index (Phi) is 6.31. The monoisotopic (exact) mass is 480 g/mol. The molecule has 0 aliphatic heterocycles. The Morgan fingerprint density at radius 3 is 1.96 bits per heavy atom. The first-order chi connectivity index (χ1) is 12.4. The molecule has 0 heterocycles. The molecule has 0 unspecified atom stereocenters. The van der Waals surface area contributed by atoms with Crippen molar-refractivity contribution in [3.05, 3.63) is 56.5 Å². The van der Waals surface area contributed by atoms with Crippen LogP contribution in [0.25, 0.3) is 0 Å². The molecule has 0 bridgehead atoms. The molecule has 2 fully saturated rings. The Labute approximate surface area is 173 Å². The van der Waals surface area contributed by atoms with Gasteiger partial charge < -0.3 is 15.4 Å². The highest BCUT2D eigenvalue weighted by molar-refractivity contribution is 9.10. The molecular weight excluding hydrogens is 456 g/mol. The van der Waals surface area contributed by atoms with E-state index in [1.54, 1.807) is 7.11 Å². The zero-order chi connectivity index (χ0) is 18.7. The summed E-state index contributed by atoms with van der Waals surface area (Å²) in [5, 5.41) is 6.93. The first-order valence-electron chi connectivity index (χ1n) is 9.04. The molecule has 4 rings (SSSR count). The number of methoxy groups -OCH3 is 1. The zero-order valence-electron chi connectivity index (χ0n) is 15.5. The second-order valence-corrected chi connectivity index (χ2v) is 8.78. The largest absolute Gasteiger partial charge is 0.382 e. The lowest BCUT2D eigenvalue weighted by Gasteiger charge is -2.19. The van der Waals surface area contributed by atoms with Gasteiger partial charge in [0.15, 0.2) is 0 Å². The number of rotatable bonds is 5. The van der Waals surface area contributed by atoms with Gasteiger partial charge in [-0.1, -0.05) is 44.0 Å². The van der Waals surface area contributed by atoms with E-state index in [2.05, 4.69) is 80.6 Å². The van der Waals surface area contributed by atoms with Crippen molar-refractivity contribution in [2.75, 3.05) is 17.7 Å². The average molecular weight is 482 g/mol. The summed E-state index contributed by atoms with van der Waals surface area (Å²) < 4.78 is 7.74. The molecule has 2 N–H and O–H groups in total. The van der Waals surface area contributed by atoms with Gasteiger partial charge in [-0.2, -0.15) is 0 Å². The van der Waals surface area contributed by atoms with Crippen LogP contribution in [0.2, 0.25) is 0 Å². The predicted molar refractivity (Wildman–Crippen MR) is 117 cm³/mol. The second-order valence-electron chi connectivity index (χ2n) is 7.07. The lowest BCUT2D eigenvalue weighted by atomic mass is 10.2. The fourth-order valence-corrected chi connectivity index (χ4v) is 3.43. The van der Waals surface area contributed by atoms with Crippen LogP contribution in [0.3, 0.4) is 0 Å². The smallest absolute Gasteiger partial charge is 0.138 e. The van der Waals surface area contributed by atoms with Gasteiger partial charge in [0.05, 0.1) is 0 Å². The van der Waals surface area contributed by atoms with E-state index in [1.165, 1.54) is 34.1 Å². The van der Waals surface area contributed by atoms with Crippen LogP contribution in [-0.2, 0) is 4.74 Å². The third kappa shape index (κ3) is 5.02. The fraction of sp³-hybridized carbons (Fsp3) is 0.429. The standard InChI is InChI=1S/C11H14BrNO.C10H12BrN/c1-8-9(12)4-3-5-10(8)13-11(14-2)6-7-11;1-7-9(11)3-2-4-10(7)12-8-5-6-8/h3-5,13H,6-7H2,1-2H3;2-4,8,12H,5-6H2,1H3. The topological polar surface area (TPSA) is 33.3 Å². The number of benzene rings is 2. The van der Waals surface area contributed by atoms with E-state index in [1.807, 2.05) is 12.1 Å². The van der Waals surface area contributed by atoms with Crippen molar-refractivity contribution >= 4 is 43.2 Å². The van der Waals surface area contributed by atoms with Gasteiger partial charge in [0.1, 0.15) is 5.72 Å². The van der Waals surface area contributed by atoms with Crippen molar-refractivity contribution < 1.29 is 4.74 Å². The molecule has 2 aliphatic rings. The van der Waals surface area contributed by atoms with Gasteiger partial charge in [-0.25, -0.2) is 0 Å². The van der Waals surface area contributed by atoms with Crippen LogP contribution in [0, 0.1) is 13.8 Å². The summed E-state index contributed by atoms with van der Waals surface area (Å²) in [6.07, 6.45) is 4.84. The lowest BCUT2D eigenvalue weighted by Crippen LogP contribution is -2.23. The van der Waals surface area contributed by atoms with Gasteiger partial charge in [0.25, 0.3) is 0 Å². The lowest BCUT2D eigenvalue weighted by molar-refractivity contribution is 0.104. The zero-order valence-corrected chi connectivity index (χ0v) is 18.7. The molecule has 2 aromatic carbocycles. The maximum Gasteiger partial charge on any atom is 0.138 e. The van der Waals surface area contributed by atoms with Gasteiger partial charge in [-0.3, -0.25) is 0 Å². The van der Waals surface area contributed by atoms with E-state index in [0.717, 1.165) is 29.0 Å². The summed E-state index contributed by atoms with van der Waals surface area (Å²) in [5.74, 6) is 0. The van der Waals surface area contributed by atoms with Crippen molar-refractivity contribution in [2.24, 2.45) is 0 Å². The predicted octanol–water partition coefficient (Wildman–Crippen LogP) is 6.64. The van der Waals surface area contributed by atoms with Crippen LogP contribution in [0.4, 0.5) is 11.4 Å². The minimum atomic E-state index is -0.0917. The third-order valence-electron chi connectivity index (χ3n) is 4.93. The Bertz CT molecular complexity index is 771. The molecule has 0 radical (unpaired) electrons. The molecule has 0 saturated heterocycles. The number of hydrogen-bond acceptors (Lipinski definition) is 3.